The first-order valence-corrected chi connectivity index (χ1v) is 6.60. The summed E-state index contributed by atoms with van der Waals surface area (Å²) in [4.78, 5) is 12.4. The molecule has 0 aromatic heterocycles. The molecule has 0 aliphatic heterocycles. The van der Waals surface area contributed by atoms with Crippen molar-refractivity contribution in [1.29, 1.82) is 0 Å². The summed E-state index contributed by atoms with van der Waals surface area (Å²) in [7, 11) is 1.62. The van der Waals surface area contributed by atoms with E-state index in [0.717, 1.165) is 28.0 Å². The molecular weight excluding hydrogens is 250 g/mol. The molecule has 0 fully saturated rings. The lowest BCUT2D eigenvalue weighted by Gasteiger charge is -2.09. The average molecular weight is 269 g/mol. The van der Waals surface area contributed by atoms with Crippen molar-refractivity contribution in [3.05, 3.63) is 64.7 Å². The fraction of sp³-hybridized carbons (Fsp3) is 0.235. The summed E-state index contributed by atoms with van der Waals surface area (Å²) in [5, 5.41) is 0. The summed E-state index contributed by atoms with van der Waals surface area (Å²) in [6, 6.07) is 13.3. The summed E-state index contributed by atoms with van der Waals surface area (Å²) in [5.41, 5.74) is 9.39. The normalized spacial score (nSPS) is 10.3. The van der Waals surface area contributed by atoms with Gasteiger partial charge in [-0.25, -0.2) is 0 Å². The third kappa shape index (κ3) is 3.06. The highest BCUT2D eigenvalue weighted by Gasteiger charge is 2.12. The Balaban J connectivity index is 2.24. The summed E-state index contributed by atoms with van der Waals surface area (Å²) >= 11 is 0. The van der Waals surface area contributed by atoms with Crippen LogP contribution in [0.4, 0.5) is 0 Å². The predicted molar refractivity (Wildman–Crippen MR) is 80.1 cm³/mol. The highest BCUT2D eigenvalue weighted by atomic mass is 16.5. The van der Waals surface area contributed by atoms with Crippen molar-refractivity contribution in [2.45, 2.75) is 19.9 Å². The Morgan fingerprint density at radius 2 is 1.85 bits per heavy atom. The number of carbonyl (C=O) groups is 1. The van der Waals surface area contributed by atoms with Gasteiger partial charge in [-0.15, -0.1) is 0 Å². The van der Waals surface area contributed by atoms with Crippen LogP contribution in [0, 0.1) is 6.92 Å². The zero-order chi connectivity index (χ0) is 14.5. The van der Waals surface area contributed by atoms with E-state index in [0.29, 0.717) is 13.0 Å². The minimum atomic E-state index is 0.103. The van der Waals surface area contributed by atoms with Crippen LogP contribution in [0.1, 0.15) is 27.0 Å². The van der Waals surface area contributed by atoms with E-state index in [1.807, 2.05) is 49.4 Å². The molecule has 2 N–H and O–H groups in total. The van der Waals surface area contributed by atoms with Crippen LogP contribution in [0.5, 0.6) is 5.75 Å². The highest BCUT2D eigenvalue weighted by Crippen LogP contribution is 2.19. The van der Waals surface area contributed by atoms with Gasteiger partial charge in [0.25, 0.3) is 0 Å². The maximum absolute atomic E-state index is 12.4. The lowest BCUT2D eigenvalue weighted by Crippen LogP contribution is -2.09. The summed E-state index contributed by atoms with van der Waals surface area (Å²) in [6.45, 7) is 2.37. The Hall–Kier alpha value is -2.13. The van der Waals surface area contributed by atoms with E-state index in [1.54, 1.807) is 7.11 Å². The zero-order valence-corrected chi connectivity index (χ0v) is 11.8. The third-order valence-electron chi connectivity index (χ3n) is 3.42. The quantitative estimate of drug-likeness (QED) is 0.849. The molecule has 2 aromatic rings. The van der Waals surface area contributed by atoms with Crippen LogP contribution in [0.25, 0.3) is 0 Å². The largest absolute Gasteiger partial charge is 0.497 e. The van der Waals surface area contributed by atoms with Crippen molar-refractivity contribution in [2.24, 2.45) is 5.73 Å². The minimum absolute atomic E-state index is 0.103. The Morgan fingerprint density at radius 3 is 2.45 bits per heavy atom. The molecule has 0 heterocycles. The maximum atomic E-state index is 12.4. The third-order valence-corrected chi connectivity index (χ3v) is 3.42. The molecule has 0 radical (unpaired) electrons. The minimum Gasteiger partial charge on any atom is -0.497 e. The first-order chi connectivity index (χ1) is 9.65. The molecule has 0 saturated carbocycles. The fourth-order valence-electron chi connectivity index (χ4n) is 2.27. The van der Waals surface area contributed by atoms with Gasteiger partial charge in [0.1, 0.15) is 5.75 Å². The predicted octanol–water partition coefficient (Wildman–Crippen LogP) is 2.89. The van der Waals surface area contributed by atoms with E-state index in [1.165, 1.54) is 0 Å². The van der Waals surface area contributed by atoms with Crippen molar-refractivity contribution in [3.63, 3.8) is 0 Å². The standard InChI is InChI=1S/C17H19NO2/c1-12-9-15(20-2)7-8-16(12)17(19)10-13-5-3-4-6-14(13)11-18/h3-9H,10-11,18H2,1-2H3. The van der Waals surface area contributed by atoms with Crippen molar-refractivity contribution < 1.29 is 9.53 Å². The van der Waals surface area contributed by atoms with Crippen molar-refractivity contribution >= 4 is 5.78 Å². The number of methoxy groups -OCH3 is 1. The van der Waals surface area contributed by atoms with E-state index in [4.69, 9.17) is 10.5 Å². The Kier molecular flexibility index (Phi) is 4.53. The van der Waals surface area contributed by atoms with Crippen molar-refractivity contribution in [1.82, 2.24) is 0 Å². The van der Waals surface area contributed by atoms with E-state index in [-0.39, 0.29) is 5.78 Å². The Morgan fingerprint density at radius 1 is 1.15 bits per heavy atom. The van der Waals surface area contributed by atoms with Crippen molar-refractivity contribution in [3.8, 4) is 5.75 Å². The monoisotopic (exact) mass is 269 g/mol. The first-order valence-electron chi connectivity index (χ1n) is 6.60. The summed E-state index contributed by atoms with van der Waals surface area (Å²) in [5.74, 6) is 0.868. The van der Waals surface area contributed by atoms with Crippen LogP contribution in [-0.2, 0) is 13.0 Å². The SMILES string of the molecule is COc1ccc(C(=O)Cc2ccccc2CN)c(C)c1. The Labute approximate surface area is 119 Å². The molecule has 20 heavy (non-hydrogen) atoms. The number of rotatable bonds is 5. The molecule has 104 valence electrons. The number of hydrogen-bond donors (Lipinski definition) is 1. The maximum Gasteiger partial charge on any atom is 0.167 e. The lowest BCUT2D eigenvalue weighted by molar-refractivity contribution is 0.0992. The van der Waals surface area contributed by atoms with Gasteiger partial charge in [0.05, 0.1) is 7.11 Å². The second-order valence-electron chi connectivity index (χ2n) is 4.75. The van der Waals surface area contributed by atoms with Gasteiger partial charge in [-0.2, -0.15) is 0 Å². The number of benzene rings is 2. The summed E-state index contributed by atoms with van der Waals surface area (Å²) < 4.78 is 5.16. The van der Waals surface area contributed by atoms with Crippen LogP contribution >= 0.6 is 0 Å². The van der Waals surface area contributed by atoms with E-state index in [9.17, 15) is 4.79 Å². The van der Waals surface area contributed by atoms with Gasteiger partial charge in [-0.1, -0.05) is 24.3 Å². The first kappa shape index (κ1) is 14.3. The number of carbonyl (C=O) groups excluding carboxylic acids is 1. The topological polar surface area (TPSA) is 52.3 Å². The number of Topliss-reactive ketones (excluding diaryl/α,β-unsaturated/α-hetero) is 1. The molecule has 0 saturated heterocycles. The fourth-order valence-corrected chi connectivity index (χ4v) is 2.27. The van der Waals surface area contributed by atoms with Gasteiger partial charge in [0.2, 0.25) is 0 Å². The van der Waals surface area contributed by atoms with Gasteiger partial charge in [-0.05, 0) is 41.8 Å². The molecule has 0 unspecified atom stereocenters. The van der Waals surface area contributed by atoms with Crippen LogP contribution in [0.15, 0.2) is 42.5 Å². The number of nitrogens with two attached hydrogens (primary N) is 1. The number of ketones is 1. The average Bonchev–Trinajstić information content (AvgIpc) is 2.47. The van der Waals surface area contributed by atoms with Gasteiger partial charge in [-0.3, -0.25) is 4.79 Å². The second-order valence-corrected chi connectivity index (χ2v) is 4.75. The van der Waals surface area contributed by atoms with Crippen LogP contribution < -0.4 is 10.5 Å². The molecule has 0 atom stereocenters. The van der Waals surface area contributed by atoms with Crippen LogP contribution in [0.2, 0.25) is 0 Å². The smallest absolute Gasteiger partial charge is 0.167 e. The zero-order valence-electron chi connectivity index (χ0n) is 11.8. The Bertz CT molecular complexity index is 620. The van der Waals surface area contributed by atoms with Gasteiger partial charge in [0.15, 0.2) is 5.78 Å². The van der Waals surface area contributed by atoms with Crippen LogP contribution in [0.3, 0.4) is 0 Å². The molecule has 0 bridgehead atoms. The molecule has 0 amide bonds. The molecule has 3 heteroatoms. The lowest BCUT2D eigenvalue weighted by atomic mass is 9.96. The second kappa shape index (κ2) is 6.35. The number of aryl methyl sites for hydroxylation is 1. The summed E-state index contributed by atoms with van der Waals surface area (Å²) in [6.07, 6.45) is 0.376. The molecule has 2 aromatic carbocycles. The number of ether oxygens (including phenoxy) is 1. The molecule has 0 aliphatic rings. The molecule has 2 rings (SSSR count). The molecule has 0 aliphatic carbocycles. The van der Waals surface area contributed by atoms with E-state index < -0.39 is 0 Å². The van der Waals surface area contributed by atoms with Gasteiger partial charge >= 0.3 is 0 Å². The van der Waals surface area contributed by atoms with Gasteiger partial charge < -0.3 is 10.5 Å². The number of hydrogen-bond acceptors (Lipinski definition) is 3. The highest BCUT2D eigenvalue weighted by molar-refractivity contribution is 5.99. The molecule has 3 nitrogen and oxygen atoms in total. The molecule has 0 spiro atoms. The van der Waals surface area contributed by atoms with Crippen molar-refractivity contribution in [2.75, 3.05) is 7.11 Å². The van der Waals surface area contributed by atoms with Gasteiger partial charge in [0, 0.05) is 18.5 Å². The van der Waals surface area contributed by atoms with E-state index in [2.05, 4.69) is 0 Å². The van der Waals surface area contributed by atoms with Crippen LogP contribution in [-0.4, -0.2) is 12.9 Å². The van der Waals surface area contributed by atoms with E-state index >= 15 is 0 Å². The molecular formula is C17H19NO2.